The minimum Gasteiger partial charge on any atom is -0.462 e. The molecular formula is C75H126O6. The lowest BCUT2D eigenvalue weighted by molar-refractivity contribution is -0.167. The van der Waals surface area contributed by atoms with E-state index in [0.29, 0.717) is 19.3 Å². The lowest BCUT2D eigenvalue weighted by Gasteiger charge is -2.18. The van der Waals surface area contributed by atoms with Gasteiger partial charge in [0, 0.05) is 19.3 Å². The first-order valence-electron chi connectivity index (χ1n) is 34.0. The first kappa shape index (κ1) is 76.8. The molecule has 0 heterocycles. The molecule has 0 aromatic rings. The molecule has 81 heavy (non-hydrogen) atoms. The maximum absolute atomic E-state index is 12.9. The van der Waals surface area contributed by atoms with Crippen molar-refractivity contribution in [3.05, 3.63) is 122 Å². The van der Waals surface area contributed by atoms with Gasteiger partial charge in [-0.2, -0.15) is 0 Å². The highest BCUT2D eigenvalue weighted by Gasteiger charge is 2.19. The molecule has 0 amide bonds. The summed E-state index contributed by atoms with van der Waals surface area (Å²) < 4.78 is 16.9. The Balaban J connectivity index is 4.35. The van der Waals surface area contributed by atoms with E-state index in [9.17, 15) is 14.4 Å². The fourth-order valence-corrected chi connectivity index (χ4v) is 9.45. The van der Waals surface area contributed by atoms with E-state index in [1.54, 1.807) is 0 Å². The van der Waals surface area contributed by atoms with Crippen LogP contribution < -0.4 is 0 Å². The quantitative estimate of drug-likeness (QED) is 0.0261. The van der Waals surface area contributed by atoms with E-state index in [1.165, 1.54) is 161 Å². The zero-order valence-electron chi connectivity index (χ0n) is 53.0. The summed E-state index contributed by atoms with van der Waals surface area (Å²) in [6, 6.07) is 0. The fourth-order valence-electron chi connectivity index (χ4n) is 9.45. The average Bonchev–Trinajstić information content (AvgIpc) is 3.47. The van der Waals surface area contributed by atoms with E-state index in [2.05, 4.69) is 142 Å². The third kappa shape index (κ3) is 66.5. The van der Waals surface area contributed by atoms with Gasteiger partial charge in [0.25, 0.3) is 0 Å². The topological polar surface area (TPSA) is 78.9 Å². The number of allylic oxidation sites excluding steroid dienone is 20. The van der Waals surface area contributed by atoms with Crippen LogP contribution >= 0.6 is 0 Å². The second-order valence-corrected chi connectivity index (χ2v) is 22.3. The normalized spacial score (nSPS) is 12.9. The molecular weight excluding hydrogens is 997 g/mol. The van der Waals surface area contributed by atoms with Crippen molar-refractivity contribution >= 4 is 17.9 Å². The SMILES string of the molecule is CC/C=C\C/C=C\C/C=C\C/C=C\C/C=C\CCCCCCCCCCCCCCCC(=O)OCC(COC(=O)CCCCCCCCCCCCCCCCCCC)OC(=O)CCC/C=C\C/C=C\C/C=C\C/C=C\C/C=C\CC. The van der Waals surface area contributed by atoms with Gasteiger partial charge < -0.3 is 14.2 Å². The minimum absolute atomic E-state index is 0.0992. The monoisotopic (exact) mass is 1120 g/mol. The van der Waals surface area contributed by atoms with Gasteiger partial charge in [0.05, 0.1) is 0 Å². The fraction of sp³-hybridized carbons (Fsp3) is 0.693. The Kier molecular flexibility index (Phi) is 64.8. The summed E-state index contributed by atoms with van der Waals surface area (Å²) in [5.74, 6) is -0.948. The summed E-state index contributed by atoms with van der Waals surface area (Å²) >= 11 is 0. The van der Waals surface area contributed by atoms with Crippen molar-refractivity contribution in [1.82, 2.24) is 0 Å². The molecule has 1 atom stereocenters. The lowest BCUT2D eigenvalue weighted by Crippen LogP contribution is -2.30. The predicted molar refractivity (Wildman–Crippen MR) is 353 cm³/mol. The molecule has 0 aromatic carbocycles. The Morgan fingerprint density at radius 2 is 0.494 bits per heavy atom. The van der Waals surface area contributed by atoms with E-state index in [-0.39, 0.29) is 37.5 Å². The Labute approximate surface area is 501 Å². The van der Waals surface area contributed by atoms with Crippen LogP contribution in [-0.4, -0.2) is 37.2 Å². The molecule has 6 nitrogen and oxygen atoms in total. The van der Waals surface area contributed by atoms with E-state index < -0.39 is 6.10 Å². The van der Waals surface area contributed by atoms with Crippen molar-refractivity contribution in [1.29, 1.82) is 0 Å². The number of carbonyl (C=O) groups is 3. The summed E-state index contributed by atoms with van der Waals surface area (Å²) in [7, 11) is 0. The summed E-state index contributed by atoms with van der Waals surface area (Å²) in [6.07, 6.45) is 95.1. The molecule has 0 N–H and O–H groups in total. The van der Waals surface area contributed by atoms with Crippen LogP contribution in [0.4, 0.5) is 0 Å². The molecule has 0 spiro atoms. The van der Waals surface area contributed by atoms with Crippen LogP contribution in [0.3, 0.4) is 0 Å². The molecule has 0 saturated carbocycles. The van der Waals surface area contributed by atoms with Crippen LogP contribution in [0, 0.1) is 0 Å². The van der Waals surface area contributed by atoms with Gasteiger partial charge in [0.15, 0.2) is 6.10 Å². The Morgan fingerprint density at radius 1 is 0.259 bits per heavy atom. The van der Waals surface area contributed by atoms with Crippen LogP contribution in [0.2, 0.25) is 0 Å². The van der Waals surface area contributed by atoms with Gasteiger partial charge in [-0.1, -0.05) is 316 Å². The lowest BCUT2D eigenvalue weighted by atomic mass is 10.0. The molecule has 0 aliphatic heterocycles. The molecule has 0 aromatic heterocycles. The number of hydrogen-bond acceptors (Lipinski definition) is 6. The van der Waals surface area contributed by atoms with Gasteiger partial charge in [-0.3, -0.25) is 14.4 Å². The molecule has 0 rings (SSSR count). The van der Waals surface area contributed by atoms with E-state index in [0.717, 1.165) is 109 Å². The number of esters is 3. The predicted octanol–water partition coefficient (Wildman–Crippen LogP) is 23.6. The maximum Gasteiger partial charge on any atom is 0.306 e. The first-order valence-corrected chi connectivity index (χ1v) is 34.0. The standard InChI is InChI=1S/C75H126O6/c1-4-7-10-13-16-19-22-25-28-31-32-33-34-35-36-37-38-39-40-41-42-45-47-50-53-56-59-62-65-68-74(77)80-71-72(81-75(78)69-66-63-60-57-54-51-48-44-30-27-24-21-18-15-12-9-6-3)70-79-73(76)67-64-61-58-55-52-49-46-43-29-26-23-20-17-14-11-8-5-2/h7,9-10,12,16,18-19,21,25,27-28,30,32-33,35-36,48,51,57,60,72H,4-6,8,11,13-15,17,20,22-24,26,29,31,34,37-47,49-50,52-56,58-59,61-71H2,1-3H3/b10-7-,12-9-,19-16-,21-18-,28-25-,30-27-,33-32-,36-35-,51-48-,60-57-. The molecule has 0 bridgehead atoms. The van der Waals surface area contributed by atoms with Crippen LogP contribution in [0.5, 0.6) is 0 Å². The van der Waals surface area contributed by atoms with Gasteiger partial charge in [-0.25, -0.2) is 0 Å². The Hall–Kier alpha value is -4.19. The second kappa shape index (κ2) is 68.3. The number of unbranched alkanes of at least 4 members (excludes halogenated alkanes) is 30. The van der Waals surface area contributed by atoms with E-state index in [4.69, 9.17) is 14.2 Å². The van der Waals surface area contributed by atoms with Crippen LogP contribution in [0.1, 0.15) is 316 Å². The molecule has 0 saturated heterocycles. The van der Waals surface area contributed by atoms with Gasteiger partial charge in [-0.15, -0.1) is 0 Å². The van der Waals surface area contributed by atoms with Crippen molar-refractivity contribution in [2.45, 2.75) is 322 Å². The molecule has 462 valence electrons. The maximum atomic E-state index is 12.9. The third-order valence-corrected chi connectivity index (χ3v) is 14.5. The van der Waals surface area contributed by atoms with Crippen LogP contribution in [0.15, 0.2) is 122 Å². The number of hydrogen-bond donors (Lipinski definition) is 0. The van der Waals surface area contributed by atoms with Crippen LogP contribution in [-0.2, 0) is 28.6 Å². The Bertz CT molecular complexity index is 1670. The van der Waals surface area contributed by atoms with Gasteiger partial charge in [0.1, 0.15) is 13.2 Å². The molecule has 0 fully saturated rings. The van der Waals surface area contributed by atoms with Crippen molar-refractivity contribution in [2.75, 3.05) is 13.2 Å². The van der Waals surface area contributed by atoms with Crippen LogP contribution in [0.25, 0.3) is 0 Å². The minimum atomic E-state index is -0.810. The highest BCUT2D eigenvalue weighted by Crippen LogP contribution is 2.17. The van der Waals surface area contributed by atoms with Gasteiger partial charge >= 0.3 is 17.9 Å². The third-order valence-electron chi connectivity index (χ3n) is 14.5. The van der Waals surface area contributed by atoms with Gasteiger partial charge in [0.2, 0.25) is 0 Å². The van der Waals surface area contributed by atoms with Crippen molar-refractivity contribution in [3.63, 3.8) is 0 Å². The zero-order valence-corrected chi connectivity index (χ0v) is 53.0. The number of carbonyl (C=O) groups excluding carboxylic acids is 3. The summed E-state index contributed by atoms with van der Waals surface area (Å²) in [5, 5.41) is 0. The average molecular weight is 1120 g/mol. The first-order chi connectivity index (χ1) is 40.0. The van der Waals surface area contributed by atoms with E-state index in [1.807, 2.05) is 0 Å². The van der Waals surface area contributed by atoms with Crippen molar-refractivity contribution in [3.8, 4) is 0 Å². The highest BCUT2D eigenvalue weighted by atomic mass is 16.6. The molecule has 0 aliphatic rings. The number of rotatable bonds is 61. The van der Waals surface area contributed by atoms with Gasteiger partial charge in [-0.05, 0) is 103 Å². The summed E-state index contributed by atoms with van der Waals surface area (Å²) in [4.78, 5) is 38.4. The van der Waals surface area contributed by atoms with Crippen molar-refractivity contribution in [2.24, 2.45) is 0 Å². The summed E-state index contributed by atoms with van der Waals surface area (Å²) in [5.41, 5.74) is 0. The molecule has 0 radical (unpaired) electrons. The highest BCUT2D eigenvalue weighted by molar-refractivity contribution is 5.71. The molecule has 6 heteroatoms. The largest absolute Gasteiger partial charge is 0.462 e. The smallest absolute Gasteiger partial charge is 0.306 e. The summed E-state index contributed by atoms with van der Waals surface area (Å²) in [6.45, 7) is 6.40. The Morgan fingerprint density at radius 3 is 0.790 bits per heavy atom. The van der Waals surface area contributed by atoms with Crippen molar-refractivity contribution < 1.29 is 28.6 Å². The zero-order chi connectivity index (χ0) is 58.5. The molecule has 1 unspecified atom stereocenters. The number of ether oxygens (including phenoxy) is 3. The van der Waals surface area contributed by atoms with E-state index >= 15 is 0 Å². The second-order valence-electron chi connectivity index (χ2n) is 22.3. The molecule has 0 aliphatic carbocycles.